The van der Waals surface area contributed by atoms with Crippen LogP contribution < -0.4 is 4.74 Å². The molecule has 0 amide bonds. The van der Waals surface area contributed by atoms with Crippen LogP contribution in [0.25, 0.3) is 0 Å². The van der Waals surface area contributed by atoms with Gasteiger partial charge >= 0.3 is 11.9 Å². The number of hydrogen-bond acceptors (Lipinski definition) is 5. The fourth-order valence-corrected chi connectivity index (χ4v) is 1.68. The Morgan fingerprint density at radius 1 is 1.00 bits per heavy atom. The van der Waals surface area contributed by atoms with E-state index in [1.165, 1.54) is 0 Å². The second kappa shape index (κ2) is 8.19. The molecule has 0 atom stereocenters. The summed E-state index contributed by atoms with van der Waals surface area (Å²) in [6.45, 7) is 5.78. The Morgan fingerprint density at radius 3 is 2.25 bits per heavy atom. The number of carbonyl (C=O) groups excluding carboxylic acids is 2. The van der Waals surface area contributed by atoms with Gasteiger partial charge in [0, 0.05) is 0 Å². The van der Waals surface area contributed by atoms with Crippen molar-refractivity contribution in [2.45, 2.75) is 27.2 Å². The van der Waals surface area contributed by atoms with E-state index in [2.05, 4.69) is 4.74 Å². The van der Waals surface area contributed by atoms with Gasteiger partial charge in [-0.05, 0) is 44.0 Å². The number of ether oxygens (including phenoxy) is 3. The molecule has 0 aliphatic carbocycles. The number of esters is 2. The van der Waals surface area contributed by atoms with E-state index in [1.807, 2.05) is 32.0 Å². The fourth-order valence-electron chi connectivity index (χ4n) is 1.68. The van der Waals surface area contributed by atoms with Crippen molar-refractivity contribution in [1.29, 1.82) is 0 Å². The quantitative estimate of drug-likeness (QED) is 0.716. The van der Waals surface area contributed by atoms with Gasteiger partial charge < -0.3 is 14.2 Å². The third kappa shape index (κ3) is 6.22. The summed E-state index contributed by atoms with van der Waals surface area (Å²) < 4.78 is 14.9. The fraction of sp³-hybridized carbons (Fsp3) is 0.467. The van der Waals surface area contributed by atoms with Crippen LogP contribution in [0.3, 0.4) is 0 Å². The molecular formula is C15H20O5. The van der Waals surface area contributed by atoms with Gasteiger partial charge in [0.2, 0.25) is 0 Å². The van der Waals surface area contributed by atoms with Crippen LogP contribution in [0, 0.1) is 13.8 Å². The van der Waals surface area contributed by atoms with Crippen molar-refractivity contribution >= 4 is 11.9 Å². The first-order valence-corrected chi connectivity index (χ1v) is 6.53. The normalized spacial score (nSPS) is 9.95. The number of benzene rings is 1. The van der Waals surface area contributed by atoms with Gasteiger partial charge in [0.05, 0.1) is 19.6 Å². The van der Waals surface area contributed by atoms with Crippen LogP contribution in [0.15, 0.2) is 18.2 Å². The predicted molar refractivity (Wildman–Crippen MR) is 73.6 cm³/mol. The van der Waals surface area contributed by atoms with Crippen molar-refractivity contribution < 1.29 is 23.8 Å². The zero-order chi connectivity index (χ0) is 15.0. The van der Waals surface area contributed by atoms with Gasteiger partial charge in [-0.3, -0.25) is 4.79 Å². The zero-order valence-electron chi connectivity index (χ0n) is 12.1. The van der Waals surface area contributed by atoms with E-state index in [0.717, 1.165) is 16.9 Å². The van der Waals surface area contributed by atoms with E-state index >= 15 is 0 Å². The van der Waals surface area contributed by atoms with Crippen molar-refractivity contribution in [3.8, 4) is 5.75 Å². The maximum atomic E-state index is 11.4. The molecule has 0 bridgehead atoms. The molecule has 5 nitrogen and oxygen atoms in total. The van der Waals surface area contributed by atoms with Crippen LogP contribution in [0.5, 0.6) is 5.75 Å². The van der Waals surface area contributed by atoms with Crippen LogP contribution in [-0.2, 0) is 19.1 Å². The van der Waals surface area contributed by atoms with Gasteiger partial charge in [-0.2, -0.15) is 0 Å². The van der Waals surface area contributed by atoms with Crippen molar-refractivity contribution in [3.63, 3.8) is 0 Å². The average molecular weight is 280 g/mol. The minimum Gasteiger partial charge on any atom is -0.493 e. The van der Waals surface area contributed by atoms with E-state index in [1.54, 1.807) is 6.92 Å². The zero-order valence-corrected chi connectivity index (χ0v) is 12.1. The molecule has 0 radical (unpaired) electrons. The first-order valence-electron chi connectivity index (χ1n) is 6.53. The molecule has 1 aromatic rings. The monoisotopic (exact) mass is 280 g/mol. The highest BCUT2D eigenvalue weighted by Crippen LogP contribution is 2.16. The largest absolute Gasteiger partial charge is 0.493 e. The average Bonchev–Trinajstić information content (AvgIpc) is 2.35. The summed E-state index contributed by atoms with van der Waals surface area (Å²) in [5.74, 6) is -0.306. The van der Waals surface area contributed by atoms with E-state index in [9.17, 15) is 9.59 Å². The van der Waals surface area contributed by atoms with Crippen molar-refractivity contribution in [1.82, 2.24) is 0 Å². The van der Waals surface area contributed by atoms with E-state index < -0.39 is 11.9 Å². The second-order valence-electron chi connectivity index (χ2n) is 4.39. The van der Waals surface area contributed by atoms with Crippen molar-refractivity contribution in [2.75, 3.05) is 19.8 Å². The molecule has 20 heavy (non-hydrogen) atoms. The van der Waals surface area contributed by atoms with E-state index in [-0.39, 0.29) is 26.2 Å². The highest BCUT2D eigenvalue weighted by atomic mass is 16.6. The standard InChI is InChI=1S/C15H20O5/c1-4-18-15(17)10-20-14(16)5-6-19-13-8-11(2)7-12(3)9-13/h7-9H,4-6,10H2,1-3H3. The Balaban J connectivity index is 2.26. The highest BCUT2D eigenvalue weighted by Gasteiger charge is 2.08. The van der Waals surface area contributed by atoms with Crippen LogP contribution in [-0.4, -0.2) is 31.8 Å². The number of hydrogen-bond donors (Lipinski definition) is 0. The molecule has 0 aliphatic rings. The molecule has 110 valence electrons. The first-order chi connectivity index (χ1) is 9.51. The van der Waals surface area contributed by atoms with Gasteiger partial charge in [-0.1, -0.05) is 6.07 Å². The maximum absolute atomic E-state index is 11.4. The van der Waals surface area contributed by atoms with Crippen molar-refractivity contribution in [2.24, 2.45) is 0 Å². The Labute approximate surface area is 118 Å². The lowest BCUT2D eigenvalue weighted by molar-refractivity contribution is -0.158. The summed E-state index contributed by atoms with van der Waals surface area (Å²) in [6, 6.07) is 5.84. The Morgan fingerprint density at radius 2 is 1.65 bits per heavy atom. The smallest absolute Gasteiger partial charge is 0.344 e. The summed E-state index contributed by atoms with van der Waals surface area (Å²) in [6.07, 6.45) is 0.0897. The summed E-state index contributed by atoms with van der Waals surface area (Å²) >= 11 is 0. The Bertz CT molecular complexity index is 447. The lowest BCUT2D eigenvalue weighted by atomic mass is 10.1. The van der Waals surface area contributed by atoms with Gasteiger partial charge in [-0.25, -0.2) is 4.79 Å². The SMILES string of the molecule is CCOC(=O)COC(=O)CCOc1cc(C)cc(C)c1. The molecule has 5 heteroatoms. The molecule has 0 saturated heterocycles. The lowest BCUT2D eigenvalue weighted by Crippen LogP contribution is -2.17. The number of carbonyl (C=O) groups is 2. The molecule has 0 heterocycles. The molecule has 0 saturated carbocycles. The molecule has 0 aliphatic heterocycles. The summed E-state index contributed by atoms with van der Waals surface area (Å²) in [4.78, 5) is 22.4. The lowest BCUT2D eigenvalue weighted by Gasteiger charge is -2.08. The van der Waals surface area contributed by atoms with Crippen LogP contribution in [0.1, 0.15) is 24.5 Å². The summed E-state index contributed by atoms with van der Waals surface area (Å²) in [7, 11) is 0. The van der Waals surface area contributed by atoms with E-state index in [0.29, 0.717) is 0 Å². The number of aryl methyl sites for hydroxylation is 2. The third-order valence-electron chi connectivity index (χ3n) is 2.43. The molecule has 0 unspecified atom stereocenters. The van der Waals surface area contributed by atoms with Crippen LogP contribution in [0.4, 0.5) is 0 Å². The summed E-state index contributed by atoms with van der Waals surface area (Å²) in [5, 5.41) is 0. The van der Waals surface area contributed by atoms with Crippen LogP contribution >= 0.6 is 0 Å². The molecule has 0 N–H and O–H groups in total. The topological polar surface area (TPSA) is 61.8 Å². The van der Waals surface area contributed by atoms with Gasteiger partial charge in [-0.15, -0.1) is 0 Å². The molecule has 1 aromatic carbocycles. The van der Waals surface area contributed by atoms with Gasteiger partial charge in [0.15, 0.2) is 6.61 Å². The van der Waals surface area contributed by atoms with Crippen LogP contribution in [0.2, 0.25) is 0 Å². The molecule has 0 fully saturated rings. The minimum absolute atomic E-state index is 0.0897. The first kappa shape index (κ1) is 16.0. The molecular weight excluding hydrogens is 260 g/mol. The minimum atomic E-state index is -0.545. The summed E-state index contributed by atoms with van der Waals surface area (Å²) in [5.41, 5.74) is 2.20. The number of rotatable bonds is 7. The maximum Gasteiger partial charge on any atom is 0.344 e. The molecule has 0 spiro atoms. The van der Waals surface area contributed by atoms with Gasteiger partial charge in [0.1, 0.15) is 5.75 Å². The Kier molecular flexibility index (Phi) is 6.56. The molecule has 1 rings (SSSR count). The second-order valence-corrected chi connectivity index (χ2v) is 4.39. The highest BCUT2D eigenvalue weighted by molar-refractivity contribution is 5.76. The predicted octanol–water partition coefficient (Wildman–Crippen LogP) is 2.18. The molecule has 0 aromatic heterocycles. The Hall–Kier alpha value is -2.04. The van der Waals surface area contributed by atoms with E-state index in [4.69, 9.17) is 9.47 Å². The van der Waals surface area contributed by atoms with Gasteiger partial charge in [0.25, 0.3) is 0 Å². The third-order valence-corrected chi connectivity index (χ3v) is 2.43. The van der Waals surface area contributed by atoms with Crippen molar-refractivity contribution in [3.05, 3.63) is 29.3 Å².